The van der Waals surface area contributed by atoms with Crippen LogP contribution in [0.25, 0.3) is 0 Å². The molecule has 1 aliphatic rings. The quantitative estimate of drug-likeness (QED) is 0.877. The number of carbonyl (C=O) groups is 2. The lowest BCUT2D eigenvalue weighted by atomic mass is 10.2. The Morgan fingerprint density at radius 2 is 2.17 bits per heavy atom. The van der Waals surface area contributed by atoms with E-state index in [0.717, 1.165) is 0 Å². The molecule has 6 nitrogen and oxygen atoms in total. The Hall–Kier alpha value is -1.76. The summed E-state index contributed by atoms with van der Waals surface area (Å²) in [7, 11) is 0. The zero-order valence-corrected chi connectivity index (χ0v) is 10.8. The molecule has 0 bridgehead atoms. The lowest BCUT2D eigenvalue weighted by molar-refractivity contribution is -0.136. The molecule has 1 aliphatic heterocycles. The minimum absolute atomic E-state index is 0.0836. The zero-order valence-electron chi connectivity index (χ0n) is 9.23. The lowest BCUT2D eigenvalue weighted by Gasteiger charge is -2.06. The van der Waals surface area contributed by atoms with Crippen molar-refractivity contribution in [1.82, 2.24) is 5.32 Å². The highest BCUT2D eigenvalue weighted by atomic mass is 79.9. The molecule has 0 fully saturated rings. The minimum atomic E-state index is -0.956. The van der Waals surface area contributed by atoms with Gasteiger partial charge in [0, 0.05) is 12.1 Å². The number of ether oxygens (including phenoxy) is 2. The molecule has 1 aromatic carbocycles. The van der Waals surface area contributed by atoms with Crippen LogP contribution in [0.1, 0.15) is 16.8 Å². The van der Waals surface area contributed by atoms with Gasteiger partial charge in [0.25, 0.3) is 5.91 Å². The van der Waals surface area contributed by atoms with Crippen LogP contribution in [-0.4, -0.2) is 30.3 Å². The van der Waals surface area contributed by atoms with Gasteiger partial charge >= 0.3 is 5.97 Å². The van der Waals surface area contributed by atoms with Crippen LogP contribution in [0.5, 0.6) is 11.5 Å². The molecule has 96 valence electrons. The number of hydrogen-bond donors (Lipinski definition) is 2. The number of benzene rings is 1. The van der Waals surface area contributed by atoms with Crippen LogP contribution in [0, 0.1) is 0 Å². The molecule has 1 heterocycles. The molecular weight excluding hydrogens is 306 g/mol. The van der Waals surface area contributed by atoms with Crippen LogP contribution in [0.3, 0.4) is 0 Å². The summed E-state index contributed by atoms with van der Waals surface area (Å²) in [6.45, 7) is 0.207. The summed E-state index contributed by atoms with van der Waals surface area (Å²) in [6, 6.07) is 3.16. The Labute approximate surface area is 111 Å². The van der Waals surface area contributed by atoms with E-state index >= 15 is 0 Å². The molecule has 1 aromatic rings. The predicted molar refractivity (Wildman–Crippen MR) is 64.9 cm³/mol. The summed E-state index contributed by atoms with van der Waals surface area (Å²) in [6.07, 6.45) is -0.114. The van der Waals surface area contributed by atoms with Gasteiger partial charge in [0.1, 0.15) is 0 Å². The van der Waals surface area contributed by atoms with Crippen molar-refractivity contribution in [1.29, 1.82) is 0 Å². The summed E-state index contributed by atoms with van der Waals surface area (Å²) in [5.74, 6) is -0.248. The molecule has 0 atom stereocenters. The zero-order chi connectivity index (χ0) is 13.1. The van der Waals surface area contributed by atoms with Crippen molar-refractivity contribution in [2.24, 2.45) is 0 Å². The molecule has 0 unspecified atom stereocenters. The molecule has 7 heteroatoms. The predicted octanol–water partition coefficient (Wildman–Crippen LogP) is 1.38. The van der Waals surface area contributed by atoms with Gasteiger partial charge in [-0.1, -0.05) is 0 Å². The number of carboxylic acids is 1. The van der Waals surface area contributed by atoms with Gasteiger partial charge < -0.3 is 19.9 Å². The second-order valence-corrected chi connectivity index (χ2v) is 4.45. The van der Waals surface area contributed by atoms with E-state index in [4.69, 9.17) is 14.6 Å². The number of carboxylic acid groups (broad SMARTS) is 1. The van der Waals surface area contributed by atoms with Crippen LogP contribution < -0.4 is 14.8 Å². The number of nitrogens with one attached hydrogen (secondary N) is 1. The van der Waals surface area contributed by atoms with Gasteiger partial charge in [-0.15, -0.1) is 0 Å². The molecule has 0 aromatic heterocycles. The maximum atomic E-state index is 11.8. The first-order chi connectivity index (χ1) is 8.58. The van der Waals surface area contributed by atoms with E-state index in [1.54, 1.807) is 12.1 Å². The van der Waals surface area contributed by atoms with Crippen molar-refractivity contribution in [3.8, 4) is 11.5 Å². The van der Waals surface area contributed by atoms with Crippen molar-refractivity contribution in [2.75, 3.05) is 13.3 Å². The van der Waals surface area contributed by atoms with Crippen molar-refractivity contribution in [2.45, 2.75) is 6.42 Å². The molecule has 0 radical (unpaired) electrons. The SMILES string of the molecule is O=C(O)CCNC(=O)c1cc(Br)c2c(c1)OCO2. The third-order valence-electron chi connectivity index (χ3n) is 2.31. The first kappa shape index (κ1) is 12.7. The molecule has 2 rings (SSSR count). The number of carbonyl (C=O) groups excluding carboxylic acids is 1. The fourth-order valence-corrected chi connectivity index (χ4v) is 2.04. The highest BCUT2D eigenvalue weighted by Gasteiger charge is 2.20. The normalized spacial score (nSPS) is 12.3. The molecule has 0 saturated carbocycles. The average molecular weight is 316 g/mol. The Kier molecular flexibility index (Phi) is 3.71. The van der Waals surface area contributed by atoms with E-state index in [1.807, 2.05) is 0 Å². The van der Waals surface area contributed by atoms with Gasteiger partial charge in [-0.25, -0.2) is 0 Å². The van der Waals surface area contributed by atoms with Gasteiger partial charge in [-0.3, -0.25) is 9.59 Å². The van der Waals surface area contributed by atoms with Crippen molar-refractivity contribution in [3.63, 3.8) is 0 Å². The highest BCUT2D eigenvalue weighted by molar-refractivity contribution is 9.10. The first-order valence-corrected chi connectivity index (χ1v) is 5.96. The van der Waals surface area contributed by atoms with Gasteiger partial charge in [-0.05, 0) is 28.1 Å². The largest absolute Gasteiger partial charge is 0.481 e. The summed E-state index contributed by atoms with van der Waals surface area (Å²) in [4.78, 5) is 22.1. The third-order valence-corrected chi connectivity index (χ3v) is 2.90. The standard InChI is InChI=1S/C11H10BrNO5/c12-7-3-6(4-8-10(7)18-5-17-8)11(16)13-2-1-9(14)15/h3-4H,1-2,5H2,(H,13,16)(H,14,15). The second kappa shape index (κ2) is 5.26. The van der Waals surface area contributed by atoms with Crippen LogP contribution in [0.15, 0.2) is 16.6 Å². The van der Waals surface area contributed by atoms with E-state index in [-0.39, 0.29) is 25.7 Å². The van der Waals surface area contributed by atoms with Crippen LogP contribution in [0.2, 0.25) is 0 Å². The van der Waals surface area contributed by atoms with Crippen molar-refractivity contribution < 1.29 is 24.2 Å². The van der Waals surface area contributed by atoms with Crippen LogP contribution in [-0.2, 0) is 4.79 Å². The monoisotopic (exact) mass is 315 g/mol. The average Bonchev–Trinajstić information content (AvgIpc) is 2.76. The van der Waals surface area contributed by atoms with E-state index < -0.39 is 5.97 Å². The number of aliphatic carboxylic acids is 1. The summed E-state index contributed by atoms with van der Waals surface area (Å²) >= 11 is 3.28. The number of halogens is 1. The maximum Gasteiger partial charge on any atom is 0.305 e. The molecule has 18 heavy (non-hydrogen) atoms. The van der Waals surface area contributed by atoms with Crippen LogP contribution >= 0.6 is 15.9 Å². The third kappa shape index (κ3) is 2.73. The Bertz CT molecular complexity index is 502. The fourth-order valence-electron chi connectivity index (χ4n) is 1.48. The van der Waals surface area contributed by atoms with E-state index in [0.29, 0.717) is 21.5 Å². The molecule has 2 N–H and O–H groups in total. The Morgan fingerprint density at radius 1 is 1.39 bits per heavy atom. The smallest absolute Gasteiger partial charge is 0.305 e. The maximum absolute atomic E-state index is 11.8. The van der Waals surface area contributed by atoms with Gasteiger partial charge in [0.2, 0.25) is 6.79 Å². The fraction of sp³-hybridized carbons (Fsp3) is 0.273. The molecule has 1 amide bonds. The van der Waals surface area contributed by atoms with E-state index in [2.05, 4.69) is 21.2 Å². The second-order valence-electron chi connectivity index (χ2n) is 3.59. The topological polar surface area (TPSA) is 84.9 Å². The number of amides is 1. The van der Waals surface area contributed by atoms with Crippen LogP contribution in [0.4, 0.5) is 0 Å². The summed E-state index contributed by atoms with van der Waals surface area (Å²) in [5, 5.41) is 11.0. The van der Waals surface area contributed by atoms with E-state index in [9.17, 15) is 9.59 Å². The molecular formula is C11H10BrNO5. The molecule has 0 spiro atoms. The Morgan fingerprint density at radius 3 is 2.89 bits per heavy atom. The highest BCUT2D eigenvalue weighted by Crippen LogP contribution is 2.39. The Balaban J connectivity index is 2.07. The van der Waals surface area contributed by atoms with Crippen molar-refractivity contribution >= 4 is 27.8 Å². The number of hydrogen-bond acceptors (Lipinski definition) is 4. The van der Waals surface area contributed by atoms with Crippen molar-refractivity contribution in [3.05, 3.63) is 22.2 Å². The van der Waals surface area contributed by atoms with Gasteiger partial charge in [-0.2, -0.15) is 0 Å². The minimum Gasteiger partial charge on any atom is -0.481 e. The lowest BCUT2D eigenvalue weighted by Crippen LogP contribution is -2.25. The molecule has 0 saturated heterocycles. The summed E-state index contributed by atoms with van der Waals surface area (Å²) in [5.41, 5.74) is 0.386. The first-order valence-electron chi connectivity index (χ1n) is 5.17. The number of fused-ring (bicyclic) bond motifs is 1. The summed E-state index contributed by atoms with van der Waals surface area (Å²) < 4.78 is 11.0. The van der Waals surface area contributed by atoms with Gasteiger partial charge in [0.15, 0.2) is 11.5 Å². The van der Waals surface area contributed by atoms with E-state index in [1.165, 1.54) is 0 Å². The number of rotatable bonds is 4. The van der Waals surface area contributed by atoms with Gasteiger partial charge in [0.05, 0.1) is 10.9 Å². The molecule has 0 aliphatic carbocycles.